The highest BCUT2D eigenvalue weighted by Crippen LogP contribution is 2.30. The number of aliphatic carboxylic acids is 1. The molecule has 2 N–H and O–H groups in total. The van der Waals surface area contributed by atoms with Gasteiger partial charge in [0.1, 0.15) is 6.04 Å². The standard InChI is InChI=1S/C22H21NO3/c1-2-17(19-14-8-12-15-9-6-7-13-18(15)19)20(22(25)26)23-21(24)16-10-4-3-5-11-16/h3-14,17,20H,2H2,1H3,(H,23,24)(H,25,26). The lowest BCUT2D eigenvalue weighted by Crippen LogP contribution is -2.45. The third-order valence-corrected chi connectivity index (χ3v) is 4.65. The smallest absolute Gasteiger partial charge is 0.326 e. The van der Waals surface area contributed by atoms with Crippen molar-refractivity contribution in [2.45, 2.75) is 25.3 Å². The van der Waals surface area contributed by atoms with Crippen LogP contribution in [0, 0.1) is 0 Å². The molecule has 0 aliphatic heterocycles. The number of carbonyl (C=O) groups is 2. The van der Waals surface area contributed by atoms with Crippen molar-refractivity contribution < 1.29 is 14.7 Å². The molecular formula is C22H21NO3. The lowest BCUT2D eigenvalue weighted by Gasteiger charge is -2.25. The van der Waals surface area contributed by atoms with Gasteiger partial charge in [0.25, 0.3) is 5.91 Å². The molecule has 0 saturated heterocycles. The Morgan fingerprint density at radius 2 is 1.58 bits per heavy atom. The van der Waals surface area contributed by atoms with Gasteiger partial charge < -0.3 is 10.4 Å². The molecule has 26 heavy (non-hydrogen) atoms. The molecule has 0 aliphatic carbocycles. The molecule has 132 valence electrons. The molecule has 4 nitrogen and oxygen atoms in total. The summed E-state index contributed by atoms with van der Waals surface area (Å²) in [6.45, 7) is 1.94. The zero-order valence-corrected chi connectivity index (χ0v) is 14.6. The molecule has 3 aromatic carbocycles. The molecular weight excluding hydrogens is 326 g/mol. The van der Waals surface area contributed by atoms with E-state index >= 15 is 0 Å². The normalized spacial score (nSPS) is 13.1. The van der Waals surface area contributed by atoms with Crippen molar-refractivity contribution in [3.05, 3.63) is 83.9 Å². The average molecular weight is 347 g/mol. The van der Waals surface area contributed by atoms with E-state index in [2.05, 4.69) is 5.32 Å². The highest BCUT2D eigenvalue weighted by atomic mass is 16.4. The second-order valence-electron chi connectivity index (χ2n) is 6.24. The van der Waals surface area contributed by atoms with Crippen LogP contribution in [0.15, 0.2) is 72.8 Å². The highest BCUT2D eigenvalue weighted by molar-refractivity contribution is 5.97. The van der Waals surface area contributed by atoms with Gasteiger partial charge >= 0.3 is 5.97 Å². The Morgan fingerprint density at radius 1 is 0.923 bits per heavy atom. The van der Waals surface area contributed by atoms with Gasteiger partial charge in [0.05, 0.1) is 0 Å². The molecule has 0 saturated carbocycles. The first-order chi connectivity index (χ1) is 12.6. The van der Waals surface area contributed by atoms with Gasteiger partial charge in [-0.3, -0.25) is 4.79 Å². The molecule has 1 amide bonds. The fourth-order valence-electron chi connectivity index (χ4n) is 3.36. The van der Waals surface area contributed by atoms with E-state index in [4.69, 9.17) is 0 Å². The van der Waals surface area contributed by atoms with Gasteiger partial charge in [-0.15, -0.1) is 0 Å². The Kier molecular flexibility index (Phi) is 5.32. The molecule has 2 atom stereocenters. The van der Waals surface area contributed by atoms with Crippen LogP contribution < -0.4 is 5.32 Å². The third kappa shape index (κ3) is 3.59. The fraction of sp³-hybridized carbons (Fsp3) is 0.182. The number of carbonyl (C=O) groups excluding carboxylic acids is 1. The van der Waals surface area contributed by atoms with Crippen molar-refractivity contribution in [3.63, 3.8) is 0 Å². The summed E-state index contributed by atoms with van der Waals surface area (Å²) < 4.78 is 0. The van der Waals surface area contributed by atoms with Gasteiger partial charge in [0, 0.05) is 11.5 Å². The summed E-state index contributed by atoms with van der Waals surface area (Å²) in [5.74, 6) is -1.74. The zero-order valence-electron chi connectivity index (χ0n) is 14.6. The number of fused-ring (bicyclic) bond motifs is 1. The lowest BCUT2D eigenvalue weighted by atomic mass is 9.85. The molecule has 4 heteroatoms. The van der Waals surface area contributed by atoms with Gasteiger partial charge in [-0.2, -0.15) is 0 Å². The number of hydrogen-bond donors (Lipinski definition) is 2. The molecule has 0 aromatic heterocycles. The number of carboxylic acid groups (broad SMARTS) is 1. The first kappa shape index (κ1) is 17.7. The SMILES string of the molecule is CCC(c1cccc2ccccc12)C(NC(=O)c1ccccc1)C(=O)O. The zero-order chi connectivity index (χ0) is 18.5. The predicted octanol–water partition coefficient (Wildman–Crippen LogP) is 4.22. The maximum absolute atomic E-state index is 12.5. The van der Waals surface area contributed by atoms with E-state index in [1.807, 2.05) is 55.5 Å². The van der Waals surface area contributed by atoms with Crippen LogP contribution in [0.25, 0.3) is 10.8 Å². The highest BCUT2D eigenvalue weighted by Gasteiger charge is 2.31. The van der Waals surface area contributed by atoms with E-state index in [0.29, 0.717) is 12.0 Å². The van der Waals surface area contributed by atoms with Crippen LogP contribution in [-0.4, -0.2) is 23.0 Å². The third-order valence-electron chi connectivity index (χ3n) is 4.65. The number of rotatable bonds is 6. The predicted molar refractivity (Wildman–Crippen MR) is 102 cm³/mol. The second-order valence-corrected chi connectivity index (χ2v) is 6.24. The largest absolute Gasteiger partial charge is 0.480 e. The van der Waals surface area contributed by atoms with E-state index in [9.17, 15) is 14.7 Å². The quantitative estimate of drug-likeness (QED) is 0.702. The Labute approximate surface area is 152 Å². The molecule has 0 bridgehead atoms. The fourth-order valence-corrected chi connectivity index (χ4v) is 3.36. The van der Waals surface area contributed by atoms with Crippen LogP contribution in [0.1, 0.15) is 35.2 Å². The van der Waals surface area contributed by atoms with Crippen molar-refractivity contribution in [1.82, 2.24) is 5.32 Å². The number of nitrogens with one attached hydrogen (secondary N) is 1. The number of amides is 1. The minimum atomic E-state index is -1.03. The van der Waals surface area contributed by atoms with Crippen LogP contribution in [0.3, 0.4) is 0 Å². The van der Waals surface area contributed by atoms with Crippen LogP contribution in [0.5, 0.6) is 0 Å². The molecule has 0 heterocycles. The molecule has 0 spiro atoms. The van der Waals surface area contributed by atoms with Gasteiger partial charge in [0.15, 0.2) is 0 Å². The number of benzene rings is 3. The molecule has 3 rings (SSSR count). The van der Waals surface area contributed by atoms with E-state index in [1.165, 1.54) is 0 Å². The summed E-state index contributed by atoms with van der Waals surface area (Å²) in [7, 11) is 0. The summed E-state index contributed by atoms with van der Waals surface area (Å²) in [4.78, 5) is 24.5. The lowest BCUT2D eigenvalue weighted by molar-refractivity contribution is -0.139. The first-order valence-electron chi connectivity index (χ1n) is 8.68. The van der Waals surface area contributed by atoms with E-state index < -0.39 is 12.0 Å². The molecule has 2 unspecified atom stereocenters. The summed E-state index contributed by atoms with van der Waals surface area (Å²) in [6.07, 6.45) is 0.597. The van der Waals surface area contributed by atoms with Crippen molar-refractivity contribution in [2.75, 3.05) is 0 Å². The maximum atomic E-state index is 12.5. The minimum Gasteiger partial charge on any atom is -0.480 e. The summed E-state index contributed by atoms with van der Waals surface area (Å²) in [6, 6.07) is 21.4. The molecule has 0 aliphatic rings. The maximum Gasteiger partial charge on any atom is 0.326 e. The molecule has 0 fully saturated rings. The molecule has 0 radical (unpaired) electrons. The monoisotopic (exact) mass is 347 g/mol. The van der Waals surface area contributed by atoms with Gasteiger partial charge in [-0.25, -0.2) is 4.79 Å². The van der Waals surface area contributed by atoms with Crippen LogP contribution in [0.4, 0.5) is 0 Å². The first-order valence-corrected chi connectivity index (χ1v) is 8.68. The average Bonchev–Trinajstić information content (AvgIpc) is 2.68. The summed E-state index contributed by atoms with van der Waals surface area (Å²) >= 11 is 0. The Bertz CT molecular complexity index is 916. The summed E-state index contributed by atoms with van der Waals surface area (Å²) in [5, 5.41) is 14.6. The van der Waals surface area contributed by atoms with Crippen LogP contribution >= 0.6 is 0 Å². The van der Waals surface area contributed by atoms with Gasteiger partial charge in [0.2, 0.25) is 0 Å². The van der Waals surface area contributed by atoms with Crippen LogP contribution in [-0.2, 0) is 4.79 Å². The Balaban J connectivity index is 1.97. The summed E-state index contributed by atoms with van der Waals surface area (Å²) in [5.41, 5.74) is 1.39. The Hall–Kier alpha value is -3.14. The van der Waals surface area contributed by atoms with E-state index in [0.717, 1.165) is 16.3 Å². The second kappa shape index (κ2) is 7.83. The van der Waals surface area contributed by atoms with Crippen molar-refractivity contribution in [1.29, 1.82) is 0 Å². The van der Waals surface area contributed by atoms with Gasteiger partial charge in [-0.05, 0) is 34.9 Å². The minimum absolute atomic E-state index is 0.328. The topological polar surface area (TPSA) is 66.4 Å². The van der Waals surface area contributed by atoms with Crippen molar-refractivity contribution >= 4 is 22.6 Å². The van der Waals surface area contributed by atoms with Crippen molar-refractivity contribution in [2.24, 2.45) is 0 Å². The molecule has 3 aromatic rings. The number of carboxylic acids is 1. The van der Waals surface area contributed by atoms with E-state index in [1.54, 1.807) is 24.3 Å². The van der Waals surface area contributed by atoms with E-state index in [-0.39, 0.29) is 11.8 Å². The van der Waals surface area contributed by atoms with Crippen LogP contribution in [0.2, 0.25) is 0 Å². The number of hydrogen-bond acceptors (Lipinski definition) is 2. The van der Waals surface area contributed by atoms with Crippen molar-refractivity contribution in [3.8, 4) is 0 Å². The van der Waals surface area contributed by atoms with Gasteiger partial charge in [-0.1, -0.05) is 67.6 Å². The Morgan fingerprint density at radius 3 is 2.27 bits per heavy atom.